The van der Waals surface area contributed by atoms with Crippen molar-refractivity contribution < 1.29 is 0 Å². The number of unbranched alkanes of at least 4 members (excludes halogenated alkanes) is 1. The Bertz CT molecular complexity index is 300. The highest BCUT2D eigenvalue weighted by molar-refractivity contribution is 5.24. The van der Waals surface area contributed by atoms with Gasteiger partial charge in [-0.25, -0.2) is 0 Å². The predicted octanol–water partition coefficient (Wildman–Crippen LogP) is 4.47. The van der Waals surface area contributed by atoms with Crippen LogP contribution in [0.4, 0.5) is 0 Å². The lowest BCUT2D eigenvalue weighted by Gasteiger charge is -2.14. The van der Waals surface area contributed by atoms with E-state index >= 15 is 0 Å². The molecule has 0 radical (unpaired) electrons. The molecule has 2 N–H and O–H groups in total. The minimum Gasteiger partial charge on any atom is -0.324 e. The number of benzene rings is 1. The summed E-state index contributed by atoms with van der Waals surface area (Å²) in [6.07, 6.45) is 6.02. The molecule has 1 atom stereocenters. The maximum Gasteiger partial charge on any atom is 0.0294 e. The van der Waals surface area contributed by atoms with E-state index < -0.39 is 0 Å². The topological polar surface area (TPSA) is 26.0 Å². The molecule has 0 heterocycles. The van der Waals surface area contributed by atoms with Gasteiger partial charge in [-0.15, -0.1) is 0 Å². The van der Waals surface area contributed by atoms with Crippen molar-refractivity contribution in [2.24, 2.45) is 11.7 Å². The van der Waals surface area contributed by atoms with E-state index in [2.05, 4.69) is 45.0 Å². The van der Waals surface area contributed by atoms with Gasteiger partial charge in [-0.05, 0) is 42.7 Å². The Hall–Kier alpha value is -0.820. The summed E-state index contributed by atoms with van der Waals surface area (Å²) >= 11 is 0. The molecule has 0 aliphatic carbocycles. The smallest absolute Gasteiger partial charge is 0.0294 e. The van der Waals surface area contributed by atoms with Crippen molar-refractivity contribution in [3.8, 4) is 0 Å². The van der Waals surface area contributed by atoms with Crippen molar-refractivity contribution in [2.45, 2.75) is 58.9 Å². The van der Waals surface area contributed by atoms with Crippen LogP contribution in [0.2, 0.25) is 0 Å². The van der Waals surface area contributed by atoms with Crippen LogP contribution in [-0.4, -0.2) is 0 Å². The van der Waals surface area contributed by atoms with Crippen LogP contribution in [0.1, 0.15) is 63.6 Å². The zero-order valence-electron chi connectivity index (χ0n) is 11.6. The second kappa shape index (κ2) is 7.50. The fraction of sp³-hybridized carbons (Fsp3) is 0.625. The summed E-state index contributed by atoms with van der Waals surface area (Å²) in [5.41, 5.74) is 8.91. The molecule has 1 aromatic carbocycles. The minimum atomic E-state index is 0.206. The molecule has 1 heteroatoms. The summed E-state index contributed by atoms with van der Waals surface area (Å²) in [4.78, 5) is 0. The molecular formula is C16H27N. The molecule has 96 valence electrons. The molecule has 0 fully saturated rings. The van der Waals surface area contributed by atoms with Gasteiger partial charge in [0.2, 0.25) is 0 Å². The van der Waals surface area contributed by atoms with E-state index in [0.29, 0.717) is 0 Å². The van der Waals surface area contributed by atoms with Gasteiger partial charge in [0, 0.05) is 6.04 Å². The van der Waals surface area contributed by atoms with Gasteiger partial charge in [0.1, 0.15) is 0 Å². The number of aryl methyl sites for hydroxylation is 1. The van der Waals surface area contributed by atoms with Crippen molar-refractivity contribution in [3.05, 3.63) is 35.4 Å². The molecule has 1 aromatic rings. The number of rotatable bonds is 7. The molecule has 0 bridgehead atoms. The number of hydrogen-bond acceptors (Lipinski definition) is 1. The first-order chi connectivity index (χ1) is 8.13. The van der Waals surface area contributed by atoms with Gasteiger partial charge in [0.05, 0.1) is 0 Å². The zero-order chi connectivity index (χ0) is 12.7. The molecule has 0 amide bonds. The number of nitrogens with two attached hydrogens (primary N) is 1. The Labute approximate surface area is 106 Å². The Morgan fingerprint density at radius 1 is 1.06 bits per heavy atom. The molecule has 1 nitrogen and oxygen atoms in total. The second-order valence-electron chi connectivity index (χ2n) is 5.42. The quantitative estimate of drug-likeness (QED) is 0.739. The van der Waals surface area contributed by atoms with Gasteiger partial charge in [-0.3, -0.25) is 0 Å². The predicted molar refractivity (Wildman–Crippen MR) is 76.1 cm³/mol. The average Bonchev–Trinajstić information content (AvgIpc) is 2.34. The van der Waals surface area contributed by atoms with Crippen LogP contribution in [-0.2, 0) is 6.42 Å². The van der Waals surface area contributed by atoms with Gasteiger partial charge in [0.15, 0.2) is 0 Å². The lowest BCUT2D eigenvalue weighted by molar-refractivity contribution is 0.507. The van der Waals surface area contributed by atoms with Crippen LogP contribution < -0.4 is 5.73 Å². The van der Waals surface area contributed by atoms with Crippen LogP contribution >= 0.6 is 0 Å². The van der Waals surface area contributed by atoms with Crippen LogP contribution in [0.3, 0.4) is 0 Å². The summed E-state index contributed by atoms with van der Waals surface area (Å²) in [5.74, 6) is 0.741. The SMILES string of the molecule is CCCCc1ccc([C@H](N)CCC(C)C)cc1. The molecule has 17 heavy (non-hydrogen) atoms. The van der Waals surface area contributed by atoms with Gasteiger partial charge in [-0.2, -0.15) is 0 Å². The summed E-state index contributed by atoms with van der Waals surface area (Å²) in [6, 6.07) is 9.09. The molecule has 0 saturated heterocycles. The molecule has 0 aliphatic rings. The maximum absolute atomic E-state index is 6.19. The minimum absolute atomic E-state index is 0.206. The van der Waals surface area contributed by atoms with Gasteiger partial charge in [-0.1, -0.05) is 51.5 Å². The van der Waals surface area contributed by atoms with E-state index in [4.69, 9.17) is 5.73 Å². The van der Waals surface area contributed by atoms with E-state index in [0.717, 1.165) is 12.3 Å². The largest absolute Gasteiger partial charge is 0.324 e. The van der Waals surface area contributed by atoms with E-state index in [1.165, 1.54) is 36.8 Å². The standard InChI is InChI=1S/C16H27N/c1-4-5-6-14-8-10-15(11-9-14)16(17)12-7-13(2)3/h8-11,13,16H,4-7,12,17H2,1-3H3/t16-/m1/s1. The third-order valence-electron chi connectivity index (χ3n) is 3.28. The van der Waals surface area contributed by atoms with E-state index in [1.807, 2.05) is 0 Å². The Morgan fingerprint density at radius 3 is 2.24 bits per heavy atom. The summed E-state index contributed by atoms with van der Waals surface area (Å²) in [5, 5.41) is 0. The zero-order valence-corrected chi connectivity index (χ0v) is 11.6. The van der Waals surface area contributed by atoms with Crippen molar-refractivity contribution in [1.82, 2.24) is 0 Å². The van der Waals surface area contributed by atoms with Crippen LogP contribution in [0.15, 0.2) is 24.3 Å². The van der Waals surface area contributed by atoms with E-state index in [-0.39, 0.29) is 6.04 Å². The van der Waals surface area contributed by atoms with Gasteiger partial charge < -0.3 is 5.73 Å². The third kappa shape index (κ3) is 5.36. The normalized spacial score (nSPS) is 13.0. The molecule has 0 aromatic heterocycles. The lowest BCUT2D eigenvalue weighted by atomic mass is 9.97. The Balaban J connectivity index is 2.48. The second-order valence-corrected chi connectivity index (χ2v) is 5.42. The highest BCUT2D eigenvalue weighted by Gasteiger charge is 2.06. The molecule has 0 saturated carbocycles. The molecule has 0 aliphatic heterocycles. The van der Waals surface area contributed by atoms with Crippen LogP contribution in [0, 0.1) is 5.92 Å². The highest BCUT2D eigenvalue weighted by atomic mass is 14.6. The Morgan fingerprint density at radius 2 is 1.71 bits per heavy atom. The van der Waals surface area contributed by atoms with E-state index in [1.54, 1.807) is 0 Å². The fourth-order valence-corrected chi connectivity index (χ4v) is 1.99. The van der Waals surface area contributed by atoms with Gasteiger partial charge in [0.25, 0.3) is 0 Å². The van der Waals surface area contributed by atoms with Crippen molar-refractivity contribution >= 4 is 0 Å². The maximum atomic E-state index is 6.19. The van der Waals surface area contributed by atoms with Crippen LogP contribution in [0.5, 0.6) is 0 Å². The van der Waals surface area contributed by atoms with Crippen molar-refractivity contribution in [3.63, 3.8) is 0 Å². The third-order valence-corrected chi connectivity index (χ3v) is 3.28. The van der Waals surface area contributed by atoms with E-state index in [9.17, 15) is 0 Å². The Kier molecular flexibility index (Phi) is 6.28. The first kappa shape index (κ1) is 14.2. The monoisotopic (exact) mass is 233 g/mol. The van der Waals surface area contributed by atoms with Gasteiger partial charge >= 0.3 is 0 Å². The number of hydrogen-bond donors (Lipinski definition) is 1. The highest BCUT2D eigenvalue weighted by Crippen LogP contribution is 2.19. The molecule has 0 unspecified atom stereocenters. The first-order valence-corrected chi connectivity index (χ1v) is 6.98. The molecule has 0 spiro atoms. The van der Waals surface area contributed by atoms with Crippen LogP contribution in [0.25, 0.3) is 0 Å². The summed E-state index contributed by atoms with van der Waals surface area (Å²) < 4.78 is 0. The first-order valence-electron chi connectivity index (χ1n) is 6.98. The molecule has 1 rings (SSSR count). The average molecular weight is 233 g/mol. The van der Waals surface area contributed by atoms with Crippen molar-refractivity contribution in [2.75, 3.05) is 0 Å². The lowest BCUT2D eigenvalue weighted by Crippen LogP contribution is -2.11. The van der Waals surface area contributed by atoms with Crippen molar-refractivity contribution in [1.29, 1.82) is 0 Å². The summed E-state index contributed by atoms with van der Waals surface area (Å²) in [7, 11) is 0. The molecular weight excluding hydrogens is 206 g/mol. The fourth-order valence-electron chi connectivity index (χ4n) is 1.99. The summed E-state index contributed by atoms with van der Waals surface area (Å²) in [6.45, 7) is 6.73.